The topological polar surface area (TPSA) is 54.9 Å². The van der Waals surface area contributed by atoms with E-state index < -0.39 is 0 Å². The molecule has 1 amide bonds. The van der Waals surface area contributed by atoms with Gasteiger partial charge in [0.25, 0.3) is 0 Å². The third-order valence-electron chi connectivity index (χ3n) is 1.76. The second-order valence-electron chi connectivity index (χ2n) is 2.54. The Labute approximate surface area is 74.6 Å². The minimum absolute atomic E-state index is 0.628. The van der Waals surface area contributed by atoms with Crippen molar-refractivity contribution < 1.29 is 4.79 Å². The first-order valence-electron chi connectivity index (χ1n) is 3.82. The van der Waals surface area contributed by atoms with Gasteiger partial charge in [0.05, 0.1) is 17.4 Å². The quantitative estimate of drug-likeness (QED) is 0.694. The summed E-state index contributed by atoms with van der Waals surface area (Å²) in [7, 11) is 0. The van der Waals surface area contributed by atoms with Crippen molar-refractivity contribution in [3.8, 4) is 0 Å². The lowest BCUT2D eigenvalue weighted by molar-refractivity contribution is -0.105. The fourth-order valence-corrected chi connectivity index (χ4v) is 1.19. The smallest absolute Gasteiger partial charge is 0.211 e. The fourth-order valence-electron chi connectivity index (χ4n) is 1.19. The molecule has 0 spiro atoms. The first-order chi connectivity index (χ1) is 6.42. The molecule has 2 rings (SSSR count). The van der Waals surface area contributed by atoms with E-state index in [9.17, 15) is 4.79 Å². The van der Waals surface area contributed by atoms with Gasteiger partial charge in [0.15, 0.2) is 0 Å². The Balaban J connectivity index is 2.68. The first kappa shape index (κ1) is 7.67. The summed E-state index contributed by atoms with van der Waals surface area (Å²) in [4.78, 5) is 10.3. The highest BCUT2D eigenvalue weighted by Gasteiger charge is 1.99. The molecule has 1 heterocycles. The van der Waals surface area contributed by atoms with E-state index >= 15 is 0 Å². The van der Waals surface area contributed by atoms with Crippen molar-refractivity contribution in [1.82, 2.24) is 10.2 Å². The van der Waals surface area contributed by atoms with Crippen LogP contribution < -0.4 is 5.32 Å². The third-order valence-corrected chi connectivity index (χ3v) is 1.76. The first-order valence-corrected chi connectivity index (χ1v) is 3.82. The zero-order valence-corrected chi connectivity index (χ0v) is 6.77. The molecule has 0 saturated heterocycles. The lowest BCUT2D eigenvalue weighted by Crippen LogP contribution is -1.96. The van der Waals surface area contributed by atoms with Crippen LogP contribution in [-0.2, 0) is 4.79 Å². The van der Waals surface area contributed by atoms with Crippen molar-refractivity contribution in [3.63, 3.8) is 0 Å². The van der Waals surface area contributed by atoms with Crippen molar-refractivity contribution in [3.05, 3.63) is 30.5 Å². The fraction of sp³-hybridized carbons (Fsp3) is 0. The Kier molecular flexibility index (Phi) is 1.88. The van der Waals surface area contributed by atoms with Gasteiger partial charge in [0.2, 0.25) is 6.41 Å². The van der Waals surface area contributed by atoms with Crippen LogP contribution in [0.2, 0.25) is 0 Å². The maximum absolute atomic E-state index is 10.3. The minimum atomic E-state index is 0.628. The number of anilines is 1. The summed E-state index contributed by atoms with van der Waals surface area (Å²) in [5, 5.41) is 11.1. The molecule has 4 heteroatoms. The normalized spacial score (nSPS) is 9.85. The molecule has 0 fully saturated rings. The standard InChI is InChI=1S/C9H7N3O/c13-6-10-9-5-11-12-8-4-2-1-3-7(8)9/h1-6H,(H,10,12,13). The number of aromatic nitrogens is 2. The van der Waals surface area contributed by atoms with Crippen LogP contribution in [-0.4, -0.2) is 16.6 Å². The monoisotopic (exact) mass is 173 g/mol. The molecule has 1 N–H and O–H groups in total. The van der Waals surface area contributed by atoms with E-state index in [0.29, 0.717) is 12.1 Å². The molecule has 0 aliphatic carbocycles. The lowest BCUT2D eigenvalue weighted by atomic mass is 10.2. The summed E-state index contributed by atoms with van der Waals surface area (Å²) in [6.07, 6.45) is 2.15. The molecule has 0 bridgehead atoms. The maximum Gasteiger partial charge on any atom is 0.211 e. The van der Waals surface area contributed by atoms with Crippen molar-refractivity contribution in [2.45, 2.75) is 0 Å². The number of fused-ring (bicyclic) bond motifs is 1. The van der Waals surface area contributed by atoms with Gasteiger partial charge in [-0.15, -0.1) is 0 Å². The van der Waals surface area contributed by atoms with Crippen LogP contribution in [0.4, 0.5) is 5.69 Å². The number of hydrogen-bond acceptors (Lipinski definition) is 3. The zero-order chi connectivity index (χ0) is 9.10. The van der Waals surface area contributed by atoms with Gasteiger partial charge in [0, 0.05) is 5.39 Å². The summed E-state index contributed by atoms with van der Waals surface area (Å²) in [5.41, 5.74) is 1.45. The van der Waals surface area contributed by atoms with Gasteiger partial charge >= 0.3 is 0 Å². The molecular formula is C9H7N3O. The molecule has 0 atom stereocenters. The van der Waals surface area contributed by atoms with Crippen LogP contribution in [0.1, 0.15) is 0 Å². The van der Waals surface area contributed by atoms with Gasteiger partial charge in [-0.3, -0.25) is 4.79 Å². The molecule has 2 aromatic rings. The SMILES string of the molecule is O=CNc1cnnc2ccccc12. The predicted molar refractivity (Wildman–Crippen MR) is 49.2 cm³/mol. The number of amides is 1. The summed E-state index contributed by atoms with van der Waals surface area (Å²) in [5.74, 6) is 0. The Morgan fingerprint density at radius 3 is 3.00 bits per heavy atom. The molecule has 0 unspecified atom stereocenters. The van der Waals surface area contributed by atoms with Crippen molar-refractivity contribution in [2.75, 3.05) is 5.32 Å². The maximum atomic E-state index is 10.3. The molecule has 4 nitrogen and oxygen atoms in total. The summed E-state index contributed by atoms with van der Waals surface area (Å²) in [6.45, 7) is 0. The molecule has 1 aromatic heterocycles. The third kappa shape index (κ3) is 1.33. The second kappa shape index (κ2) is 3.18. The van der Waals surface area contributed by atoms with E-state index in [-0.39, 0.29) is 0 Å². The van der Waals surface area contributed by atoms with Gasteiger partial charge in [-0.1, -0.05) is 18.2 Å². The van der Waals surface area contributed by atoms with Crippen molar-refractivity contribution in [1.29, 1.82) is 0 Å². The minimum Gasteiger partial charge on any atom is -0.327 e. The Bertz CT molecular complexity index is 436. The van der Waals surface area contributed by atoms with E-state index in [1.165, 1.54) is 6.20 Å². The summed E-state index contributed by atoms with van der Waals surface area (Å²) in [6, 6.07) is 7.50. The van der Waals surface area contributed by atoms with Crippen LogP contribution in [0.5, 0.6) is 0 Å². The molecule has 1 aromatic carbocycles. The van der Waals surface area contributed by atoms with Gasteiger partial charge in [-0.05, 0) is 6.07 Å². The van der Waals surface area contributed by atoms with Gasteiger partial charge < -0.3 is 5.32 Å². The average Bonchev–Trinajstić information content (AvgIpc) is 2.19. The number of carbonyl (C=O) groups excluding carboxylic acids is 1. The molecule has 13 heavy (non-hydrogen) atoms. The predicted octanol–water partition coefficient (Wildman–Crippen LogP) is 1.20. The van der Waals surface area contributed by atoms with E-state index in [0.717, 1.165) is 10.9 Å². The number of benzene rings is 1. The molecule has 0 radical (unpaired) electrons. The van der Waals surface area contributed by atoms with E-state index in [2.05, 4.69) is 15.5 Å². The average molecular weight is 173 g/mol. The number of carbonyl (C=O) groups is 1. The van der Waals surface area contributed by atoms with Crippen LogP contribution in [0.15, 0.2) is 30.5 Å². The zero-order valence-electron chi connectivity index (χ0n) is 6.77. The van der Waals surface area contributed by atoms with Gasteiger partial charge in [-0.25, -0.2) is 0 Å². The van der Waals surface area contributed by atoms with Crippen LogP contribution in [0.25, 0.3) is 10.9 Å². The number of hydrogen-bond donors (Lipinski definition) is 1. The van der Waals surface area contributed by atoms with E-state index in [1.54, 1.807) is 0 Å². The lowest BCUT2D eigenvalue weighted by Gasteiger charge is -2.01. The van der Waals surface area contributed by atoms with Crippen molar-refractivity contribution >= 4 is 23.0 Å². The molecular weight excluding hydrogens is 166 g/mol. The van der Waals surface area contributed by atoms with Crippen molar-refractivity contribution in [2.24, 2.45) is 0 Å². The number of nitrogens with zero attached hydrogens (tertiary/aromatic N) is 2. The van der Waals surface area contributed by atoms with E-state index in [1.807, 2.05) is 24.3 Å². The van der Waals surface area contributed by atoms with E-state index in [4.69, 9.17) is 0 Å². The highest BCUT2D eigenvalue weighted by atomic mass is 16.1. The highest BCUT2D eigenvalue weighted by Crippen LogP contribution is 2.18. The van der Waals surface area contributed by atoms with Gasteiger partial charge in [0.1, 0.15) is 0 Å². The molecule has 0 aliphatic heterocycles. The van der Waals surface area contributed by atoms with Gasteiger partial charge in [-0.2, -0.15) is 10.2 Å². The second-order valence-corrected chi connectivity index (χ2v) is 2.54. The number of nitrogens with one attached hydrogen (secondary N) is 1. The number of rotatable bonds is 2. The Morgan fingerprint density at radius 1 is 1.31 bits per heavy atom. The molecule has 64 valence electrons. The Morgan fingerprint density at radius 2 is 2.15 bits per heavy atom. The Hall–Kier alpha value is -1.97. The summed E-state index contributed by atoms with van der Waals surface area (Å²) < 4.78 is 0. The largest absolute Gasteiger partial charge is 0.327 e. The summed E-state index contributed by atoms with van der Waals surface area (Å²) >= 11 is 0. The van der Waals surface area contributed by atoms with Crippen LogP contribution in [0, 0.1) is 0 Å². The van der Waals surface area contributed by atoms with Crippen LogP contribution in [0.3, 0.4) is 0 Å². The highest BCUT2D eigenvalue weighted by molar-refractivity contribution is 5.94. The molecule has 0 saturated carbocycles. The molecule has 0 aliphatic rings. The van der Waals surface area contributed by atoms with Crippen LogP contribution >= 0.6 is 0 Å².